The molecule has 1 aromatic carbocycles. The molecule has 6 heteroatoms. The summed E-state index contributed by atoms with van der Waals surface area (Å²) < 4.78 is 5.23. The Hall–Kier alpha value is -2.21. The molecule has 0 unspecified atom stereocenters. The topological polar surface area (TPSA) is 62.5 Å². The number of amides is 1. The number of rotatable bonds is 5. The van der Waals surface area contributed by atoms with Crippen LogP contribution in [0.2, 0.25) is 0 Å². The predicted octanol–water partition coefficient (Wildman–Crippen LogP) is 2.77. The Labute approximate surface area is 155 Å². The van der Waals surface area contributed by atoms with E-state index in [2.05, 4.69) is 29.2 Å². The van der Waals surface area contributed by atoms with Crippen LogP contribution in [0.4, 0.5) is 0 Å². The highest BCUT2D eigenvalue weighted by molar-refractivity contribution is 5.83. The second-order valence-electron chi connectivity index (χ2n) is 7.43. The molecule has 1 amide bonds. The number of hydrogen-bond acceptors (Lipinski definition) is 5. The van der Waals surface area contributed by atoms with Crippen LogP contribution < -0.4 is 0 Å². The minimum Gasteiger partial charge on any atom is -0.341 e. The van der Waals surface area contributed by atoms with Crippen molar-refractivity contribution in [2.45, 2.75) is 39.2 Å². The summed E-state index contributed by atoms with van der Waals surface area (Å²) in [5.41, 5.74) is 2.24. The van der Waals surface area contributed by atoms with Gasteiger partial charge in [0, 0.05) is 19.5 Å². The third-order valence-corrected chi connectivity index (χ3v) is 5.19. The first-order valence-corrected chi connectivity index (χ1v) is 9.25. The zero-order valence-electron chi connectivity index (χ0n) is 16.1. The van der Waals surface area contributed by atoms with Gasteiger partial charge < -0.3 is 9.42 Å². The Morgan fingerprint density at radius 1 is 1.27 bits per heavy atom. The van der Waals surface area contributed by atoms with Crippen LogP contribution in [0, 0.1) is 19.8 Å². The Balaban J connectivity index is 1.64. The zero-order valence-corrected chi connectivity index (χ0v) is 16.1. The van der Waals surface area contributed by atoms with Crippen LogP contribution in [0.1, 0.15) is 41.7 Å². The lowest BCUT2D eigenvalue weighted by Crippen LogP contribution is -2.45. The van der Waals surface area contributed by atoms with E-state index >= 15 is 0 Å². The van der Waals surface area contributed by atoms with Crippen LogP contribution >= 0.6 is 0 Å². The van der Waals surface area contributed by atoms with Crippen molar-refractivity contribution in [3.05, 3.63) is 47.1 Å². The summed E-state index contributed by atoms with van der Waals surface area (Å²) in [6.45, 7) is 5.47. The zero-order chi connectivity index (χ0) is 18.7. The Morgan fingerprint density at radius 3 is 2.54 bits per heavy atom. The summed E-state index contributed by atoms with van der Waals surface area (Å²) in [5, 5.41) is 3.85. The van der Waals surface area contributed by atoms with Gasteiger partial charge in [-0.05, 0) is 57.8 Å². The van der Waals surface area contributed by atoms with Gasteiger partial charge in [0.2, 0.25) is 11.8 Å². The number of nitrogens with zero attached hydrogens (tertiary/aromatic N) is 4. The first-order chi connectivity index (χ1) is 12.5. The molecule has 1 saturated heterocycles. The Bertz CT molecular complexity index is 748. The fourth-order valence-corrected chi connectivity index (χ4v) is 3.73. The van der Waals surface area contributed by atoms with Gasteiger partial charge in [-0.15, -0.1) is 0 Å². The smallest absolute Gasteiger partial charge is 0.244 e. The fraction of sp³-hybridized carbons (Fsp3) is 0.550. The molecule has 0 N–H and O–H groups in total. The molecule has 0 radical (unpaired) electrons. The lowest BCUT2D eigenvalue weighted by molar-refractivity contribution is -0.137. The maximum absolute atomic E-state index is 13.2. The van der Waals surface area contributed by atoms with Crippen LogP contribution in [0.3, 0.4) is 0 Å². The highest BCUT2D eigenvalue weighted by Gasteiger charge is 2.31. The van der Waals surface area contributed by atoms with Crippen LogP contribution in [-0.4, -0.2) is 53.0 Å². The number of aryl methyl sites for hydroxylation is 2. The highest BCUT2D eigenvalue weighted by atomic mass is 16.5. The van der Waals surface area contributed by atoms with Crippen molar-refractivity contribution >= 4 is 5.91 Å². The van der Waals surface area contributed by atoms with Crippen molar-refractivity contribution in [1.29, 1.82) is 0 Å². The van der Waals surface area contributed by atoms with Crippen LogP contribution in [0.25, 0.3) is 0 Å². The SMILES string of the molecule is Cc1noc(CC2CCN(C(=O)[C@@H](c3ccccc3C)N(C)C)CC2)n1. The Morgan fingerprint density at radius 2 is 1.96 bits per heavy atom. The fourth-order valence-electron chi connectivity index (χ4n) is 3.73. The van der Waals surface area contributed by atoms with E-state index in [1.807, 2.05) is 43.0 Å². The lowest BCUT2D eigenvalue weighted by atomic mass is 9.92. The van der Waals surface area contributed by atoms with E-state index < -0.39 is 0 Å². The largest absolute Gasteiger partial charge is 0.341 e. The molecule has 1 fully saturated rings. The monoisotopic (exact) mass is 356 g/mol. The number of hydrogen-bond donors (Lipinski definition) is 0. The van der Waals surface area contributed by atoms with Gasteiger partial charge in [0.05, 0.1) is 0 Å². The predicted molar refractivity (Wildman–Crippen MR) is 99.7 cm³/mol. The van der Waals surface area contributed by atoms with Crippen molar-refractivity contribution in [2.75, 3.05) is 27.2 Å². The molecule has 0 spiro atoms. The van der Waals surface area contributed by atoms with Gasteiger partial charge in [-0.2, -0.15) is 4.98 Å². The summed E-state index contributed by atoms with van der Waals surface area (Å²) in [7, 11) is 3.94. The summed E-state index contributed by atoms with van der Waals surface area (Å²) >= 11 is 0. The number of carbonyl (C=O) groups excluding carboxylic acids is 1. The second kappa shape index (κ2) is 7.99. The van der Waals surface area contributed by atoms with E-state index in [-0.39, 0.29) is 11.9 Å². The van der Waals surface area contributed by atoms with E-state index in [0.717, 1.165) is 43.5 Å². The summed E-state index contributed by atoms with van der Waals surface area (Å²) in [6.07, 6.45) is 2.75. The maximum atomic E-state index is 13.2. The number of likely N-dealkylation sites (tertiary alicyclic amines) is 1. The van der Waals surface area contributed by atoms with Crippen molar-refractivity contribution < 1.29 is 9.32 Å². The molecule has 2 aromatic rings. The van der Waals surface area contributed by atoms with Gasteiger partial charge in [0.1, 0.15) is 6.04 Å². The number of aromatic nitrogens is 2. The van der Waals surface area contributed by atoms with E-state index in [4.69, 9.17) is 4.52 Å². The molecule has 1 aliphatic heterocycles. The average Bonchev–Trinajstić information content (AvgIpc) is 3.02. The van der Waals surface area contributed by atoms with Gasteiger partial charge in [0.25, 0.3) is 0 Å². The van der Waals surface area contributed by atoms with E-state index in [1.54, 1.807) is 0 Å². The molecule has 0 bridgehead atoms. The van der Waals surface area contributed by atoms with Gasteiger partial charge in [-0.1, -0.05) is 29.4 Å². The van der Waals surface area contributed by atoms with Crippen molar-refractivity contribution in [3.8, 4) is 0 Å². The minimum absolute atomic E-state index is 0.191. The normalized spacial score (nSPS) is 16.9. The molecule has 0 aliphatic carbocycles. The number of carbonyl (C=O) groups is 1. The standard InChI is InChI=1S/C20H28N4O2/c1-14-7-5-6-8-17(14)19(23(3)4)20(25)24-11-9-16(10-12-24)13-18-21-15(2)22-26-18/h5-8,16,19H,9-13H2,1-4H3/t19-/m1/s1. The van der Waals surface area contributed by atoms with Crippen molar-refractivity contribution in [1.82, 2.24) is 19.9 Å². The first-order valence-electron chi connectivity index (χ1n) is 9.25. The molecular formula is C20H28N4O2. The van der Waals surface area contributed by atoms with Gasteiger partial charge in [0.15, 0.2) is 5.82 Å². The minimum atomic E-state index is -0.230. The van der Waals surface area contributed by atoms with Crippen LogP contribution in [0.15, 0.2) is 28.8 Å². The first kappa shape index (κ1) is 18.6. The number of likely N-dealkylation sites (N-methyl/N-ethyl adjacent to an activating group) is 1. The lowest BCUT2D eigenvalue weighted by Gasteiger charge is -2.36. The highest BCUT2D eigenvalue weighted by Crippen LogP contribution is 2.27. The molecule has 26 heavy (non-hydrogen) atoms. The molecule has 1 aromatic heterocycles. The Kier molecular flexibility index (Phi) is 5.71. The molecule has 2 heterocycles. The van der Waals surface area contributed by atoms with Crippen LogP contribution in [0.5, 0.6) is 0 Å². The summed E-state index contributed by atoms with van der Waals surface area (Å²) in [5.74, 6) is 2.07. The average molecular weight is 356 g/mol. The molecule has 1 aliphatic rings. The molecule has 6 nitrogen and oxygen atoms in total. The molecular weight excluding hydrogens is 328 g/mol. The quantitative estimate of drug-likeness (QED) is 0.824. The van der Waals surface area contributed by atoms with E-state index in [0.29, 0.717) is 17.6 Å². The number of piperidine rings is 1. The van der Waals surface area contributed by atoms with Crippen molar-refractivity contribution in [3.63, 3.8) is 0 Å². The molecule has 3 rings (SSSR count). The van der Waals surface area contributed by atoms with Gasteiger partial charge >= 0.3 is 0 Å². The van der Waals surface area contributed by atoms with Crippen LogP contribution in [-0.2, 0) is 11.2 Å². The second-order valence-corrected chi connectivity index (χ2v) is 7.43. The molecule has 140 valence electrons. The maximum Gasteiger partial charge on any atom is 0.244 e. The van der Waals surface area contributed by atoms with Gasteiger partial charge in [-0.3, -0.25) is 9.69 Å². The van der Waals surface area contributed by atoms with Crippen molar-refractivity contribution in [2.24, 2.45) is 5.92 Å². The van der Waals surface area contributed by atoms with E-state index in [9.17, 15) is 4.79 Å². The third-order valence-electron chi connectivity index (χ3n) is 5.19. The number of benzene rings is 1. The van der Waals surface area contributed by atoms with E-state index in [1.165, 1.54) is 0 Å². The molecule has 1 atom stereocenters. The summed E-state index contributed by atoms with van der Waals surface area (Å²) in [6, 6.07) is 7.91. The third kappa shape index (κ3) is 4.12. The molecule has 0 saturated carbocycles. The summed E-state index contributed by atoms with van der Waals surface area (Å²) in [4.78, 5) is 21.5. The van der Waals surface area contributed by atoms with Gasteiger partial charge in [-0.25, -0.2) is 0 Å².